The van der Waals surface area contributed by atoms with E-state index in [1.54, 1.807) is 12.1 Å². The lowest BCUT2D eigenvalue weighted by Crippen LogP contribution is -2.43. The van der Waals surface area contributed by atoms with E-state index in [0.29, 0.717) is 12.8 Å². The topological polar surface area (TPSA) is 12.0 Å². The predicted molar refractivity (Wildman–Crippen MR) is 74.5 cm³/mol. The minimum absolute atomic E-state index is 0.0763. The summed E-state index contributed by atoms with van der Waals surface area (Å²) in [4.78, 5) is 0. The summed E-state index contributed by atoms with van der Waals surface area (Å²) < 4.78 is 51.1. The lowest BCUT2D eigenvalue weighted by Gasteiger charge is -2.33. The fraction of sp³-hybridized carbons (Fsp3) is 0.625. The molecule has 0 spiro atoms. The molecule has 0 heterocycles. The molecule has 118 valence electrons. The fourth-order valence-corrected chi connectivity index (χ4v) is 3.07. The highest BCUT2D eigenvalue weighted by Crippen LogP contribution is 2.37. The largest absolute Gasteiger partial charge is 0.391 e. The number of alkyl halides is 3. The van der Waals surface area contributed by atoms with Crippen LogP contribution in [0.15, 0.2) is 24.3 Å². The van der Waals surface area contributed by atoms with Crippen molar-refractivity contribution in [3.63, 3.8) is 0 Å². The van der Waals surface area contributed by atoms with Gasteiger partial charge in [-0.3, -0.25) is 0 Å². The number of rotatable bonds is 4. The van der Waals surface area contributed by atoms with E-state index in [1.807, 2.05) is 6.92 Å². The van der Waals surface area contributed by atoms with Crippen molar-refractivity contribution >= 4 is 0 Å². The average molecular weight is 303 g/mol. The summed E-state index contributed by atoms with van der Waals surface area (Å²) in [6.07, 6.45) is -1.58. The summed E-state index contributed by atoms with van der Waals surface area (Å²) in [5.74, 6) is -1.46. The Bertz CT molecular complexity index is 441. The predicted octanol–water partition coefficient (Wildman–Crippen LogP) is 4.47. The first-order chi connectivity index (χ1) is 9.84. The van der Waals surface area contributed by atoms with Gasteiger partial charge < -0.3 is 5.32 Å². The summed E-state index contributed by atoms with van der Waals surface area (Å²) >= 11 is 0. The molecule has 3 atom stereocenters. The monoisotopic (exact) mass is 303 g/mol. The molecular formula is C16H21F4N. The molecule has 1 fully saturated rings. The van der Waals surface area contributed by atoms with Crippen LogP contribution in [0.5, 0.6) is 0 Å². The number of nitrogens with one attached hydrogen (secondary N) is 1. The Balaban J connectivity index is 1.84. The number of benzene rings is 1. The van der Waals surface area contributed by atoms with Crippen LogP contribution in [0.3, 0.4) is 0 Å². The van der Waals surface area contributed by atoms with Crippen molar-refractivity contribution in [2.75, 3.05) is 0 Å². The van der Waals surface area contributed by atoms with Gasteiger partial charge in [0.1, 0.15) is 5.82 Å². The summed E-state index contributed by atoms with van der Waals surface area (Å²) in [6, 6.07) is 6.23. The van der Waals surface area contributed by atoms with Gasteiger partial charge in [0, 0.05) is 12.1 Å². The van der Waals surface area contributed by atoms with Gasteiger partial charge >= 0.3 is 6.18 Å². The zero-order valence-electron chi connectivity index (χ0n) is 12.1. The Morgan fingerprint density at radius 1 is 1.19 bits per heavy atom. The molecule has 1 aromatic rings. The van der Waals surface area contributed by atoms with Gasteiger partial charge in [-0.2, -0.15) is 13.2 Å². The van der Waals surface area contributed by atoms with Crippen LogP contribution in [-0.2, 0) is 6.42 Å². The van der Waals surface area contributed by atoms with Crippen LogP contribution in [0.1, 0.15) is 38.2 Å². The third kappa shape index (κ3) is 4.99. The SMILES string of the molecule is CC(Cc1ccc(F)cc1)NC1CCCC(C(F)(F)F)C1. The molecule has 1 N–H and O–H groups in total. The van der Waals surface area contributed by atoms with Crippen LogP contribution < -0.4 is 5.32 Å². The van der Waals surface area contributed by atoms with E-state index in [0.717, 1.165) is 12.0 Å². The summed E-state index contributed by atoms with van der Waals surface area (Å²) in [5.41, 5.74) is 0.986. The van der Waals surface area contributed by atoms with E-state index in [9.17, 15) is 17.6 Å². The number of halogens is 4. The van der Waals surface area contributed by atoms with Crippen molar-refractivity contribution in [1.82, 2.24) is 5.32 Å². The highest BCUT2D eigenvalue weighted by molar-refractivity contribution is 5.17. The zero-order chi connectivity index (χ0) is 15.5. The van der Waals surface area contributed by atoms with Crippen LogP contribution >= 0.6 is 0 Å². The minimum atomic E-state index is -4.08. The molecule has 2 rings (SSSR count). The maximum Gasteiger partial charge on any atom is 0.391 e. The lowest BCUT2D eigenvalue weighted by molar-refractivity contribution is -0.183. The number of hydrogen-bond donors (Lipinski definition) is 1. The maximum atomic E-state index is 12.8. The van der Waals surface area contributed by atoms with E-state index >= 15 is 0 Å². The molecule has 0 amide bonds. The van der Waals surface area contributed by atoms with Gasteiger partial charge in [0.25, 0.3) is 0 Å². The van der Waals surface area contributed by atoms with Crippen LogP contribution in [0.4, 0.5) is 17.6 Å². The smallest absolute Gasteiger partial charge is 0.311 e. The summed E-state index contributed by atoms with van der Waals surface area (Å²) in [5, 5.41) is 3.29. The molecular weight excluding hydrogens is 282 g/mol. The van der Waals surface area contributed by atoms with Crippen LogP contribution in [0, 0.1) is 11.7 Å². The van der Waals surface area contributed by atoms with Crippen molar-refractivity contribution in [1.29, 1.82) is 0 Å². The minimum Gasteiger partial charge on any atom is -0.311 e. The Kier molecular flexibility index (Phi) is 5.25. The second-order valence-corrected chi connectivity index (χ2v) is 6.00. The van der Waals surface area contributed by atoms with Crippen molar-refractivity contribution < 1.29 is 17.6 Å². The molecule has 0 bridgehead atoms. The molecule has 1 aliphatic rings. The molecule has 1 aromatic carbocycles. The van der Waals surface area contributed by atoms with Crippen molar-refractivity contribution in [2.45, 2.75) is 57.3 Å². The van der Waals surface area contributed by atoms with E-state index in [4.69, 9.17) is 0 Å². The molecule has 21 heavy (non-hydrogen) atoms. The number of hydrogen-bond acceptors (Lipinski definition) is 1. The quantitative estimate of drug-likeness (QED) is 0.809. The first kappa shape index (κ1) is 16.3. The van der Waals surface area contributed by atoms with E-state index in [2.05, 4.69) is 5.32 Å². The van der Waals surface area contributed by atoms with Gasteiger partial charge in [-0.15, -0.1) is 0 Å². The van der Waals surface area contributed by atoms with Crippen LogP contribution in [0.2, 0.25) is 0 Å². The molecule has 1 aliphatic carbocycles. The Hall–Kier alpha value is -1.10. The molecule has 0 aliphatic heterocycles. The highest BCUT2D eigenvalue weighted by atomic mass is 19.4. The molecule has 1 nitrogen and oxygen atoms in total. The van der Waals surface area contributed by atoms with Gasteiger partial charge in [0.2, 0.25) is 0 Å². The molecule has 0 saturated heterocycles. The lowest BCUT2D eigenvalue weighted by atomic mass is 9.85. The first-order valence-corrected chi connectivity index (χ1v) is 7.42. The van der Waals surface area contributed by atoms with Gasteiger partial charge in [-0.05, 0) is 50.3 Å². The third-order valence-electron chi connectivity index (χ3n) is 4.11. The van der Waals surface area contributed by atoms with Crippen molar-refractivity contribution in [2.24, 2.45) is 5.92 Å². The summed E-state index contributed by atoms with van der Waals surface area (Å²) in [7, 11) is 0. The molecule has 0 radical (unpaired) electrons. The van der Waals surface area contributed by atoms with Gasteiger partial charge in [0.05, 0.1) is 5.92 Å². The van der Waals surface area contributed by atoms with Crippen molar-refractivity contribution in [3.8, 4) is 0 Å². The second-order valence-electron chi connectivity index (χ2n) is 6.00. The fourth-order valence-electron chi connectivity index (χ4n) is 3.07. The molecule has 3 unspecified atom stereocenters. The molecule has 5 heteroatoms. The van der Waals surface area contributed by atoms with Gasteiger partial charge in [-0.25, -0.2) is 4.39 Å². The van der Waals surface area contributed by atoms with E-state index in [1.165, 1.54) is 12.1 Å². The zero-order valence-corrected chi connectivity index (χ0v) is 12.1. The van der Waals surface area contributed by atoms with Crippen molar-refractivity contribution in [3.05, 3.63) is 35.6 Å². The van der Waals surface area contributed by atoms with E-state index < -0.39 is 12.1 Å². The Morgan fingerprint density at radius 2 is 1.86 bits per heavy atom. The first-order valence-electron chi connectivity index (χ1n) is 7.42. The average Bonchev–Trinajstić information content (AvgIpc) is 2.41. The van der Waals surface area contributed by atoms with Gasteiger partial charge in [0.15, 0.2) is 0 Å². The summed E-state index contributed by atoms with van der Waals surface area (Å²) in [6.45, 7) is 1.96. The second kappa shape index (κ2) is 6.77. The Morgan fingerprint density at radius 3 is 2.48 bits per heavy atom. The Labute approximate surface area is 122 Å². The normalized spacial score (nSPS) is 24.8. The molecule has 0 aromatic heterocycles. The molecule has 1 saturated carbocycles. The third-order valence-corrected chi connectivity index (χ3v) is 4.11. The van der Waals surface area contributed by atoms with Crippen LogP contribution in [0.25, 0.3) is 0 Å². The maximum absolute atomic E-state index is 12.8. The standard InChI is InChI=1S/C16H21F4N/c1-11(9-12-5-7-14(17)8-6-12)21-15-4-2-3-13(10-15)16(18,19)20/h5-8,11,13,15,21H,2-4,9-10H2,1H3. The van der Waals surface area contributed by atoms with E-state index in [-0.39, 0.29) is 30.7 Å². The van der Waals surface area contributed by atoms with Crippen LogP contribution in [-0.4, -0.2) is 18.3 Å². The highest BCUT2D eigenvalue weighted by Gasteiger charge is 2.42. The van der Waals surface area contributed by atoms with Gasteiger partial charge in [-0.1, -0.05) is 18.6 Å².